The monoisotopic (exact) mass is 400 g/mol. The fraction of sp³-hybridized carbons (Fsp3) is 0.267. The summed E-state index contributed by atoms with van der Waals surface area (Å²) in [6.45, 7) is 0. The van der Waals surface area contributed by atoms with Crippen molar-refractivity contribution in [1.29, 1.82) is 0 Å². The van der Waals surface area contributed by atoms with Gasteiger partial charge in [-0.05, 0) is 36.6 Å². The van der Waals surface area contributed by atoms with Gasteiger partial charge in [0.15, 0.2) is 0 Å². The van der Waals surface area contributed by atoms with Gasteiger partial charge in [-0.2, -0.15) is 0 Å². The molecule has 1 aliphatic rings. The van der Waals surface area contributed by atoms with Gasteiger partial charge in [0.25, 0.3) is 0 Å². The number of hydrogen-bond acceptors (Lipinski definition) is 5. The lowest BCUT2D eigenvalue weighted by molar-refractivity contribution is 0.303. The molecule has 140 valence electrons. The highest BCUT2D eigenvalue weighted by molar-refractivity contribution is 7.71. The van der Waals surface area contributed by atoms with Gasteiger partial charge in [-0.3, -0.25) is 14.1 Å². The number of hydrogen-bond donors (Lipinski definition) is 5. The van der Waals surface area contributed by atoms with Crippen LogP contribution in [0.3, 0.4) is 0 Å². The molecule has 0 aliphatic heterocycles. The molecule has 0 radical (unpaired) electrons. The Balaban J connectivity index is 1.81. The number of aromatic nitrogens is 1. The van der Waals surface area contributed by atoms with E-state index < -0.39 is 20.7 Å². The Bertz CT molecular complexity index is 852. The Morgan fingerprint density at radius 1 is 1.00 bits per heavy atom. The third kappa shape index (κ3) is 4.92. The Kier molecular flexibility index (Phi) is 5.21. The largest absolute Gasteiger partial charge is 0.490 e. The van der Waals surface area contributed by atoms with Crippen LogP contribution in [-0.4, -0.2) is 36.2 Å². The lowest BCUT2D eigenvalue weighted by atomic mass is 10.1. The average molecular weight is 400 g/mol. The van der Waals surface area contributed by atoms with Crippen LogP contribution >= 0.6 is 15.2 Å². The molecule has 0 saturated heterocycles. The molecule has 11 heteroatoms. The molecule has 1 aromatic carbocycles. The van der Waals surface area contributed by atoms with Crippen LogP contribution in [-0.2, 0) is 9.13 Å². The second kappa shape index (κ2) is 7.12. The summed E-state index contributed by atoms with van der Waals surface area (Å²) in [5.41, 5.74) is -0.866. The molecule has 0 unspecified atom stereocenters. The van der Waals surface area contributed by atoms with Crippen LogP contribution < -0.4 is 10.1 Å². The van der Waals surface area contributed by atoms with Crippen LogP contribution in [0.25, 0.3) is 11.1 Å². The summed E-state index contributed by atoms with van der Waals surface area (Å²) >= 11 is 0. The molecular weight excluding hydrogens is 382 g/mol. The minimum Gasteiger partial charge on any atom is -0.490 e. The van der Waals surface area contributed by atoms with E-state index in [-0.39, 0.29) is 11.8 Å². The van der Waals surface area contributed by atoms with Crippen LogP contribution in [0.2, 0.25) is 0 Å². The Morgan fingerprint density at radius 2 is 1.62 bits per heavy atom. The summed E-state index contributed by atoms with van der Waals surface area (Å²) in [6, 6.07) is 8.73. The predicted octanol–water partition coefficient (Wildman–Crippen LogP) is 2.34. The van der Waals surface area contributed by atoms with Crippen LogP contribution in [0.15, 0.2) is 42.7 Å². The quantitative estimate of drug-likeness (QED) is 0.441. The van der Waals surface area contributed by atoms with E-state index in [1.807, 2.05) is 24.3 Å². The Labute approximate surface area is 149 Å². The average Bonchev–Trinajstić information content (AvgIpc) is 3.35. The minimum atomic E-state index is -5.08. The van der Waals surface area contributed by atoms with E-state index in [1.54, 1.807) is 0 Å². The fourth-order valence-corrected chi connectivity index (χ4v) is 4.50. The van der Waals surface area contributed by atoms with Crippen molar-refractivity contribution in [3.8, 4) is 16.9 Å². The molecule has 3 rings (SSSR count). The van der Waals surface area contributed by atoms with Crippen LogP contribution in [0.4, 0.5) is 5.69 Å². The van der Waals surface area contributed by atoms with Gasteiger partial charge in [0.1, 0.15) is 5.75 Å². The normalized spacial score (nSPS) is 15.1. The summed E-state index contributed by atoms with van der Waals surface area (Å²) in [5.74, 6) is 0.751. The van der Waals surface area contributed by atoms with Crippen molar-refractivity contribution in [3.05, 3.63) is 42.7 Å². The van der Waals surface area contributed by atoms with Crippen LogP contribution in [0.1, 0.15) is 12.8 Å². The van der Waals surface area contributed by atoms with Gasteiger partial charge in [-0.15, -0.1) is 0 Å². The third-order valence-electron chi connectivity index (χ3n) is 3.69. The molecule has 9 nitrogen and oxygen atoms in total. The van der Waals surface area contributed by atoms with Gasteiger partial charge in [0, 0.05) is 11.8 Å². The second-order valence-corrected chi connectivity index (χ2v) is 9.80. The van der Waals surface area contributed by atoms with Gasteiger partial charge in [0.05, 0.1) is 18.0 Å². The Hall–Kier alpha value is -1.73. The highest BCUT2D eigenvalue weighted by atomic mass is 31.2. The molecule has 5 N–H and O–H groups in total. The molecule has 0 bridgehead atoms. The third-order valence-corrected chi connectivity index (χ3v) is 7.02. The van der Waals surface area contributed by atoms with Crippen molar-refractivity contribution in [1.82, 2.24) is 4.98 Å². The number of benzene rings is 1. The molecule has 1 aromatic heterocycles. The van der Waals surface area contributed by atoms with Gasteiger partial charge in [0.2, 0.25) is 5.52 Å². The van der Waals surface area contributed by atoms with Crippen molar-refractivity contribution in [3.63, 3.8) is 0 Å². The number of anilines is 1. The molecule has 0 atom stereocenters. The molecule has 1 aliphatic carbocycles. The maximum atomic E-state index is 11.4. The van der Waals surface area contributed by atoms with Gasteiger partial charge in [-0.1, -0.05) is 12.1 Å². The maximum absolute atomic E-state index is 11.4. The predicted molar refractivity (Wildman–Crippen MR) is 94.8 cm³/mol. The van der Waals surface area contributed by atoms with E-state index in [4.69, 9.17) is 4.74 Å². The van der Waals surface area contributed by atoms with Crippen molar-refractivity contribution in [2.45, 2.75) is 24.5 Å². The van der Waals surface area contributed by atoms with Crippen molar-refractivity contribution < 1.29 is 33.4 Å². The zero-order chi connectivity index (χ0) is 18.9. The molecule has 1 fully saturated rings. The first-order valence-electron chi connectivity index (χ1n) is 7.72. The maximum Gasteiger partial charge on any atom is 0.360 e. The van der Waals surface area contributed by atoms with Crippen LogP contribution in [0, 0.1) is 0 Å². The molecule has 0 amide bonds. The summed E-state index contributed by atoms with van der Waals surface area (Å²) in [6.07, 6.45) is 5.16. The van der Waals surface area contributed by atoms with Crippen LogP contribution in [0.5, 0.6) is 5.75 Å². The van der Waals surface area contributed by atoms with E-state index in [1.165, 1.54) is 18.5 Å². The zero-order valence-corrected chi connectivity index (χ0v) is 15.3. The number of rotatable bonds is 7. The van der Waals surface area contributed by atoms with Gasteiger partial charge >= 0.3 is 15.2 Å². The lowest BCUT2D eigenvalue weighted by Crippen LogP contribution is -2.20. The molecule has 0 spiro atoms. The first-order chi connectivity index (χ1) is 12.1. The summed E-state index contributed by atoms with van der Waals surface area (Å²) in [4.78, 5) is 40.7. The minimum absolute atomic E-state index is 0.0810. The summed E-state index contributed by atoms with van der Waals surface area (Å²) < 4.78 is 28.4. The van der Waals surface area contributed by atoms with Crippen molar-refractivity contribution >= 4 is 20.9 Å². The molecule has 2 aromatic rings. The number of nitrogens with one attached hydrogen (secondary N) is 1. The van der Waals surface area contributed by atoms with Gasteiger partial charge in [-0.25, -0.2) is 0 Å². The SMILES string of the molecule is O=P(O)(O)C(Nc1cncc(-c2ccc(OC3CC3)cc2)c1)P(=O)(O)O. The highest BCUT2D eigenvalue weighted by Gasteiger charge is 2.43. The zero-order valence-electron chi connectivity index (χ0n) is 13.5. The first-order valence-corrected chi connectivity index (χ1v) is 11.1. The number of ether oxygens (including phenoxy) is 1. The molecule has 26 heavy (non-hydrogen) atoms. The molecule has 1 saturated carbocycles. The topological polar surface area (TPSA) is 149 Å². The highest BCUT2D eigenvalue weighted by Crippen LogP contribution is 2.59. The molecular formula is C15H18N2O7P2. The van der Waals surface area contributed by atoms with Crippen molar-refractivity contribution in [2.24, 2.45) is 0 Å². The van der Waals surface area contributed by atoms with Gasteiger partial charge < -0.3 is 29.6 Å². The van der Waals surface area contributed by atoms with E-state index in [0.717, 1.165) is 24.2 Å². The lowest BCUT2D eigenvalue weighted by Gasteiger charge is -2.21. The fourth-order valence-electron chi connectivity index (χ4n) is 2.29. The van der Waals surface area contributed by atoms with Crippen molar-refractivity contribution in [2.75, 3.05) is 5.32 Å². The smallest absolute Gasteiger partial charge is 0.360 e. The first kappa shape index (κ1) is 19.0. The number of nitrogens with zero attached hydrogens (tertiary/aromatic N) is 1. The van der Waals surface area contributed by atoms with E-state index >= 15 is 0 Å². The summed E-state index contributed by atoms with van der Waals surface area (Å²) in [5, 5.41) is 2.20. The van der Waals surface area contributed by atoms with E-state index in [0.29, 0.717) is 5.56 Å². The Morgan fingerprint density at radius 3 is 2.15 bits per heavy atom. The number of pyridine rings is 1. The second-order valence-electron chi connectivity index (χ2n) is 6.00. The van der Waals surface area contributed by atoms with E-state index in [9.17, 15) is 28.7 Å². The summed E-state index contributed by atoms with van der Waals surface area (Å²) in [7, 11) is -10.2. The molecule has 1 heterocycles. The standard InChI is InChI=1S/C15H18N2O7P2/c18-25(19,20)15(26(21,22)23)17-12-7-11(8-16-9-12)10-1-3-13(4-2-10)24-14-5-6-14/h1-4,7-9,14-15,17H,5-6H2,(H2,18,19,20)(H2,21,22,23). The van der Waals surface area contributed by atoms with E-state index in [2.05, 4.69) is 10.3 Å².